The van der Waals surface area contributed by atoms with Crippen molar-refractivity contribution in [3.63, 3.8) is 0 Å². The fourth-order valence-electron chi connectivity index (χ4n) is 3.25. The predicted octanol–water partition coefficient (Wildman–Crippen LogP) is 4.26. The molecule has 31 heavy (non-hydrogen) atoms. The summed E-state index contributed by atoms with van der Waals surface area (Å²) in [5, 5.41) is 17.7. The summed E-state index contributed by atoms with van der Waals surface area (Å²) in [6.45, 7) is 3.43. The fourth-order valence-corrected chi connectivity index (χ4v) is 5.09. The topological polar surface area (TPSA) is 94.8 Å². The largest absolute Gasteiger partial charge is 0.483 e. The Bertz CT molecular complexity index is 1440. The molecule has 0 bridgehead atoms. The van der Waals surface area contributed by atoms with E-state index in [0.29, 0.717) is 17.3 Å². The second-order valence-corrected chi connectivity index (χ2v) is 8.91. The van der Waals surface area contributed by atoms with Crippen molar-refractivity contribution in [1.82, 2.24) is 25.2 Å². The Labute approximate surface area is 183 Å². The summed E-state index contributed by atoms with van der Waals surface area (Å²) in [5.41, 5.74) is 1.52. The molecule has 0 atom stereocenters. The zero-order valence-corrected chi connectivity index (χ0v) is 18.1. The van der Waals surface area contributed by atoms with E-state index in [1.165, 1.54) is 22.9 Å². The molecule has 0 spiro atoms. The predicted molar refractivity (Wildman–Crippen MR) is 118 cm³/mol. The van der Waals surface area contributed by atoms with E-state index in [2.05, 4.69) is 25.8 Å². The average Bonchev–Trinajstić information content (AvgIpc) is 3.46. The number of nitrogens with zero attached hydrogens (tertiary/aromatic N) is 5. The second-order valence-electron chi connectivity index (χ2n) is 6.76. The monoisotopic (exact) mass is 454 g/mol. The maximum absolute atomic E-state index is 14.2. The fraction of sp³-hybridized carbons (Fsp3) is 0.150. The van der Waals surface area contributed by atoms with Gasteiger partial charge in [-0.15, -0.1) is 27.8 Å². The van der Waals surface area contributed by atoms with E-state index < -0.39 is 5.82 Å². The first-order chi connectivity index (χ1) is 15.0. The van der Waals surface area contributed by atoms with Crippen LogP contribution in [0.15, 0.2) is 35.7 Å². The molecule has 0 saturated heterocycles. The minimum atomic E-state index is -0.502. The molecule has 1 N–H and O–H groups in total. The molecule has 3 heterocycles. The summed E-state index contributed by atoms with van der Waals surface area (Å²) in [6.07, 6.45) is 0. The van der Waals surface area contributed by atoms with Crippen molar-refractivity contribution in [3.05, 3.63) is 52.4 Å². The van der Waals surface area contributed by atoms with E-state index in [1.807, 2.05) is 24.4 Å². The highest BCUT2D eigenvalue weighted by Crippen LogP contribution is 2.38. The molecular formula is C20H15FN6O2S2. The van der Waals surface area contributed by atoms with Crippen molar-refractivity contribution in [2.45, 2.75) is 13.8 Å². The number of nitrogens with one attached hydrogen (secondary N) is 1. The summed E-state index contributed by atoms with van der Waals surface area (Å²) in [4.78, 5) is 17.1. The van der Waals surface area contributed by atoms with Gasteiger partial charge in [0.2, 0.25) is 0 Å². The molecule has 0 unspecified atom stereocenters. The number of benzene rings is 2. The SMILES string of the molecule is Cc1nc2c(cc(OCC(=O)Nc3ccc(F)c(-n4nnnc4C)c3)c3ccsc32)s1. The van der Waals surface area contributed by atoms with Crippen molar-refractivity contribution >= 4 is 54.6 Å². The molecular weight excluding hydrogens is 439 g/mol. The Morgan fingerprint density at radius 3 is 2.94 bits per heavy atom. The molecule has 0 aliphatic carbocycles. The number of hydrogen-bond acceptors (Lipinski definition) is 8. The number of tetrazole rings is 1. The van der Waals surface area contributed by atoms with Gasteiger partial charge >= 0.3 is 0 Å². The van der Waals surface area contributed by atoms with Crippen LogP contribution in [0.1, 0.15) is 10.8 Å². The van der Waals surface area contributed by atoms with Gasteiger partial charge in [0.05, 0.1) is 19.9 Å². The number of rotatable bonds is 5. The molecule has 2 aromatic carbocycles. The number of ether oxygens (including phenoxy) is 1. The molecule has 11 heteroatoms. The highest BCUT2D eigenvalue weighted by molar-refractivity contribution is 7.21. The summed E-state index contributed by atoms with van der Waals surface area (Å²) < 4.78 is 23.4. The Hall–Kier alpha value is -3.44. The van der Waals surface area contributed by atoms with Gasteiger partial charge in [0.15, 0.2) is 12.4 Å². The first-order valence-electron chi connectivity index (χ1n) is 9.24. The number of carbonyl (C=O) groups is 1. The highest BCUT2D eigenvalue weighted by atomic mass is 32.1. The van der Waals surface area contributed by atoms with Crippen LogP contribution in [-0.2, 0) is 4.79 Å². The van der Waals surface area contributed by atoms with E-state index in [1.54, 1.807) is 29.6 Å². The minimum absolute atomic E-state index is 0.146. The van der Waals surface area contributed by atoms with Gasteiger partial charge in [-0.2, -0.15) is 4.68 Å². The van der Waals surface area contributed by atoms with Crippen LogP contribution < -0.4 is 10.1 Å². The van der Waals surface area contributed by atoms with Crippen molar-refractivity contribution in [2.75, 3.05) is 11.9 Å². The van der Waals surface area contributed by atoms with Crippen molar-refractivity contribution < 1.29 is 13.9 Å². The number of aromatic nitrogens is 5. The lowest BCUT2D eigenvalue weighted by Crippen LogP contribution is -2.20. The van der Waals surface area contributed by atoms with Gasteiger partial charge in [0.1, 0.15) is 17.3 Å². The third-order valence-electron chi connectivity index (χ3n) is 4.61. The third-order valence-corrected chi connectivity index (χ3v) is 6.45. The Balaban J connectivity index is 1.35. The van der Waals surface area contributed by atoms with E-state index in [0.717, 1.165) is 25.3 Å². The normalized spacial score (nSPS) is 11.3. The number of anilines is 1. The van der Waals surface area contributed by atoms with Gasteiger partial charge < -0.3 is 10.1 Å². The van der Waals surface area contributed by atoms with E-state index in [4.69, 9.17) is 4.74 Å². The number of halogens is 1. The third kappa shape index (κ3) is 3.62. The molecule has 5 aromatic rings. The van der Waals surface area contributed by atoms with Gasteiger partial charge in [-0.05, 0) is 53.9 Å². The molecule has 0 fully saturated rings. The van der Waals surface area contributed by atoms with Crippen molar-refractivity contribution in [1.29, 1.82) is 0 Å². The molecule has 0 radical (unpaired) electrons. The number of aryl methyl sites for hydroxylation is 2. The van der Waals surface area contributed by atoms with Gasteiger partial charge in [-0.25, -0.2) is 9.37 Å². The summed E-state index contributed by atoms with van der Waals surface area (Å²) in [5.74, 6) is 0.193. The molecule has 156 valence electrons. The first-order valence-corrected chi connectivity index (χ1v) is 10.9. The number of hydrogen-bond donors (Lipinski definition) is 1. The quantitative estimate of drug-likeness (QED) is 0.426. The zero-order valence-electron chi connectivity index (χ0n) is 16.4. The van der Waals surface area contributed by atoms with Crippen molar-refractivity contribution in [2.24, 2.45) is 0 Å². The molecule has 1 amide bonds. The number of amides is 1. The van der Waals surface area contributed by atoms with Crippen LogP contribution >= 0.6 is 22.7 Å². The van der Waals surface area contributed by atoms with Gasteiger partial charge in [-0.3, -0.25) is 4.79 Å². The van der Waals surface area contributed by atoms with Gasteiger partial charge in [0.25, 0.3) is 5.91 Å². The number of carbonyl (C=O) groups excluding carboxylic acids is 1. The molecule has 8 nitrogen and oxygen atoms in total. The standard InChI is InChI=1S/C20H15FN6O2S2/c1-10-24-25-26-27(10)15-7-12(3-4-14(15)21)23-18(28)9-29-16-8-17-19(22-11(2)31-17)20-13(16)5-6-30-20/h3-8H,9H2,1-2H3,(H,23,28). The van der Waals surface area contributed by atoms with Crippen LogP contribution in [0.3, 0.4) is 0 Å². The second kappa shape index (κ2) is 7.67. The van der Waals surface area contributed by atoms with Crippen LogP contribution in [0, 0.1) is 19.7 Å². The van der Waals surface area contributed by atoms with Crippen LogP contribution in [-0.4, -0.2) is 37.7 Å². The number of fused-ring (bicyclic) bond motifs is 3. The van der Waals surface area contributed by atoms with Crippen LogP contribution in [0.25, 0.3) is 26.0 Å². The van der Waals surface area contributed by atoms with E-state index in [-0.39, 0.29) is 18.2 Å². The maximum Gasteiger partial charge on any atom is 0.262 e. The van der Waals surface area contributed by atoms with E-state index in [9.17, 15) is 9.18 Å². The smallest absolute Gasteiger partial charge is 0.262 e. The Kier molecular flexibility index (Phi) is 4.83. The van der Waals surface area contributed by atoms with E-state index >= 15 is 0 Å². The summed E-state index contributed by atoms with van der Waals surface area (Å²) in [7, 11) is 0. The summed E-state index contributed by atoms with van der Waals surface area (Å²) in [6, 6.07) is 8.07. The zero-order chi connectivity index (χ0) is 21.5. The summed E-state index contributed by atoms with van der Waals surface area (Å²) >= 11 is 3.18. The lowest BCUT2D eigenvalue weighted by Gasteiger charge is -2.10. The highest BCUT2D eigenvalue weighted by Gasteiger charge is 2.15. The maximum atomic E-state index is 14.2. The lowest BCUT2D eigenvalue weighted by atomic mass is 10.2. The minimum Gasteiger partial charge on any atom is -0.483 e. The molecule has 3 aromatic heterocycles. The lowest BCUT2D eigenvalue weighted by molar-refractivity contribution is -0.118. The van der Waals surface area contributed by atoms with Crippen LogP contribution in [0.4, 0.5) is 10.1 Å². The molecule has 0 aliphatic rings. The molecule has 5 rings (SSSR count). The Morgan fingerprint density at radius 1 is 1.26 bits per heavy atom. The molecule has 0 saturated carbocycles. The van der Waals surface area contributed by atoms with Gasteiger partial charge in [0, 0.05) is 17.1 Å². The molecule has 0 aliphatic heterocycles. The van der Waals surface area contributed by atoms with Crippen molar-refractivity contribution in [3.8, 4) is 11.4 Å². The average molecular weight is 455 g/mol. The van der Waals surface area contributed by atoms with Gasteiger partial charge in [-0.1, -0.05) is 0 Å². The first kappa shape index (κ1) is 19.5. The number of thiophene rings is 1. The number of thiazole rings is 1. The van der Waals surface area contributed by atoms with Crippen LogP contribution in [0.2, 0.25) is 0 Å². The Morgan fingerprint density at radius 2 is 2.13 bits per heavy atom. The van der Waals surface area contributed by atoms with Crippen LogP contribution in [0.5, 0.6) is 5.75 Å².